The number of rotatable bonds is 4. The number of hydrogen-bond acceptors (Lipinski definition) is 4. The number of nitrogens with one attached hydrogen (secondary N) is 1. The first kappa shape index (κ1) is 14.7. The van der Waals surface area contributed by atoms with E-state index in [9.17, 15) is 4.79 Å². The van der Waals surface area contributed by atoms with Crippen molar-refractivity contribution in [1.29, 1.82) is 0 Å². The Morgan fingerprint density at radius 1 is 1.48 bits per heavy atom. The van der Waals surface area contributed by atoms with E-state index in [1.54, 1.807) is 16.7 Å². The zero-order valence-corrected chi connectivity index (χ0v) is 13.6. The van der Waals surface area contributed by atoms with Gasteiger partial charge in [0.15, 0.2) is 0 Å². The third-order valence-electron chi connectivity index (χ3n) is 3.92. The van der Waals surface area contributed by atoms with Gasteiger partial charge in [-0.2, -0.15) is 0 Å². The summed E-state index contributed by atoms with van der Waals surface area (Å²) < 4.78 is 2.45. The zero-order chi connectivity index (χ0) is 14.8. The molecule has 1 fully saturated rings. The molecule has 6 heteroatoms. The van der Waals surface area contributed by atoms with Crippen LogP contribution in [0.5, 0.6) is 0 Å². The molecule has 3 rings (SSSR count). The topological polar surface area (TPSA) is 49.6 Å². The highest BCUT2D eigenvalue weighted by Crippen LogP contribution is 2.17. The lowest BCUT2D eigenvalue weighted by atomic mass is 10.1. The first-order valence-corrected chi connectivity index (χ1v) is 8.00. The Morgan fingerprint density at radius 2 is 2.33 bits per heavy atom. The minimum atomic E-state index is -0.0257. The van der Waals surface area contributed by atoms with E-state index in [-0.39, 0.29) is 5.56 Å². The molecule has 1 unspecified atom stereocenters. The summed E-state index contributed by atoms with van der Waals surface area (Å²) in [6.07, 6.45) is 2.97. The van der Waals surface area contributed by atoms with Crippen LogP contribution >= 0.6 is 15.9 Å². The van der Waals surface area contributed by atoms with E-state index in [1.165, 1.54) is 6.42 Å². The van der Waals surface area contributed by atoms with Gasteiger partial charge in [-0.3, -0.25) is 14.1 Å². The highest BCUT2D eigenvalue weighted by molar-refractivity contribution is 9.10. The minimum absolute atomic E-state index is 0.0257. The van der Waals surface area contributed by atoms with Crippen molar-refractivity contribution in [2.45, 2.75) is 13.0 Å². The van der Waals surface area contributed by atoms with E-state index in [4.69, 9.17) is 0 Å². The Bertz CT molecular complexity index is 700. The Hall–Kier alpha value is -1.24. The van der Waals surface area contributed by atoms with Crippen molar-refractivity contribution < 1.29 is 0 Å². The van der Waals surface area contributed by atoms with Gasteiger partial charge in [-0.1, -0.05) is 0 Å². The van der Waals surface area contributed by atoms with Crippen LogP contribution in [-0.2, 0) is 6.54 Å². The molecule has 0 radical (unpaired) electrons. The predicted molar refractivity (Wildman–Crippen MR) is 86.5 cm³/mol. The second-order valence-corrected chi connectivity index (χ2v) is 6.52. The van der Waals surface area contributed by atoms with Crippen LogP contribution in [0, 0.1) is 5.92 Å². The molecule has 0 aliphatic carbocycles. The van der Waals surface area contributed by atoms with E-state index in [2.05, 4.69) is 31.1 Å². The molecular formula is C15H19BrN4O. The number of halogens is 1. The van der Waals surface area contributed by atoms with E-state index in [0.717, 1.165) is 36.3 Å². The van der Waals surface area contributed by atoms with Crippen LogP contribution in [0.25, 0.3) is 5.65 Å². The smallest absolute Gasteiger partial charge is 0.258 e. The fourth-order valence-electron chi connectivity index (χ4n) is 2.95. The number of hydrogen-bond donors (Lipinski definition) is 1. The number of nitrogens with zero attached hydrogens (tertiary/aromatic N) is 3. The summed E-state index contributed by atoms with van der Waals surface area (Å²) in [4.78, 5) is 19.1. The van der Waals surface area contributed by atoms with Crippen molar-refractivity contribution in [3.8, 4) is 0 Å². The van der Waals surface area contributed by atoms with Gasteiger partial charge in [-0.15, -0.1) is 0 Å². The summed E-state index contributed by atoms with van der Waals surface area (Å²) in [5.41, 5.74) is 1.53. The average molecular weight is 351 g/mol. The van der Waals surface area contributed by atoms with E-state index < -0.39 is 0 Å². The summed E-state index contributed by atoms with van der Waals surface area (Å²) in [5, 5.41) is 3.23. The molecule has 0 bridgehead atoms. The monoisotopic (exact) mass is 350 g/mol. The lowest BCUT2D eigenvalue weighted by molar-refractivity contribution is 0.311. The van der Waals surface area contributed by atoms with E-state index in [0.29, 0.717) is 11.6 Å². The molecule has 1 N–H and O–H groups in total. The van der Waals surface area contributed by atoms with Gasteiger partial charge in [-0.05, 0) is 60.5 Å². The molecule has 112 valence electrons. The van der Waals surface area contributed by atoms with Crippen molar-refractivity contribution in [1.82, 2.24) is 19.6 Å². The van der Waals surface area contributed by atoms with Gasteiger partial charge in [-0.25, -0.2) is 4.98 Å². The van der Waals surface area contributed by atoms with Gasteiger partial charge >= 0.3 is 0 Å². The van der Waals surface area contributed by atoms with Crippen molar-refractivity contribution in [3.63, 3.8) is 0 Å². The first-order chi connectivity index (χ1) is 10.2. The van der Waals surface area contributed by atoms with E-state index in [1.807, 2.05) is 19.2 Å². The molecule has 0 aromatic carbocycles. The molecule has 5 nitrogen and oxygen atoms in total. The van der Waals surface area contributed by atoms with Crippen LogP contribution in [0.2, 0.25) is 0 Å². The molecule has 1 atom stereocenters. The predicted octanol–water partition coefficient (Wildman–Crippen LogP) is 1.50. The molecule has 3 heterocycles. The summed E-state index contributed by atoms with van der Waals surface area (Å²) >= 11 is 3.38. The van der Waals surface area contributed by atoms with Crippen LogP contribution in [0.4, 0.5) is 0 Å². The van der Waals surface area contributed by atoms with Gasteiger partial charge in [0, 0.05) is 29.8 Å². The first-order valence-electron chi connectivity index (χ1n) is 7.20. The standard InChI is InChI=1S/C15H19BrN4O/c1-17-7-11-4-5-19(8-11)10-13-6-15(21)20-9-12(16)2-3-14(20)18-13/h2-3,6,9,11,17H,4-5,7-8,10H2,1H3. The van der Waals surface area contributed by atoms with Crippen molar-refractivity contribution in [2.24, 2.45) is 5.92 Å². The van der Waals surface area contributed by atoms with Crippen molar-refractivity contribution >= 4 is 21.6 Å². The Kier molecular flexibility index (Phi) is 4.37. The normalized spacial score (nSPS) is 19.4. The Balaban J connectivity index is 1.79. The summed E-state index contributed by atoms with van der Waals surface area (Å²) in [6.45, 7) is 3.95. The third-order valence-corrected chi connectivity index (χ3v) is 4.39. The molecule has 21 heavy (non-hydrogen) atoms. The van der Waals surface area contributed by atoms with Crippen molar-refractivity contribution in [2.75, 3.05) is 26.7 Å². The summed E-state index contributed by atoms with van der Waals surface area (Å²) in [7, 11) is 1.99. The molecule has 2 aromatic heterocycles. The number of likely N-dealkylation sites (tertiary alicyclic amines) is 1. The average Bonchev–Trinajstić information content (AvgIpc) is 2.87. The molecule has 1 aliphatic rings. The second kappa shape index (κ2) is 6.25. The van der Waals surface area contributed by atoms with Crippen LogP contribution < -0.4 is 10.9 Å². The maximum Gasteiger partial charge on any atom is 0.258 e. The highest BCUT2D eigenvalue weighted by Gasteiger charge is 2.22. The molecule has 2 aromatic rings. The fourth-order valence-corrected chi connectivity index (χ4v) is 3.28. The maximum atomic E-state index is 12.2. The third kappa shape index (κ3) is 3.33. The van der Waals surface area contributed by atoms with Crippen molar-refractivity contribution in [3.05, 3.63) is 44.9 Å². The zero-order valence-electron chi connectivity index (χ0n) is 12.1. The molecule has 0 amide bonds. The van der Waals surface area contributed by atoms with Gasteiger partial charge in [0.1, 0.15) is 5.65 Å². The van der Waals surface area contributed by atoms with Gasteiger partial charge < -0.3 is 5.32 Å². The second-order valence-electron chi connectivity index (χ2n) is 5.61. The summed E-state index contributed by atoms with van der Waals surface area (Å²) in [6, 6.07) is 5.41. The van der Waals surface area contributed by atoms with Crippen LogP contribution in [0.15, 0.2) is 33.7 Å². The molecular weight excluding hydrogens is 332 g/mol. The SMILES string of the molecule is CNCC1CCN(Cc2cc(=O)n3cc(Br)ccc3n2)C1. The highest BCUT2D eigenvalue weighted by atomic mass is 79.9. The fraction of sp³-hybridized carbons (Fsp3) is 0.467. The molecule has 1 aliphatic heterocycles. The molecule has 0 saturated carbocycles. The van der Waals surface area contributed by atoms with Crippen LogP contribution in [0.1, 0.15) is 12.1 Å². The van der Waals surface area contributed by atoms with Crippen LogP contribution in [0.3, 0.4) is 0 Å². The molecule has 1 saturated heterocycles. The molecule has 0 spiro atoms. The van der Waals surface area contributed by atoms with E-state index >= 15 is 0 Å². The Morgan fingerprint density at radius 3 is 3.14 bits per heavy atom. The van der Waals surface area contributed by atoms with Gasteiger partial charge in [0.25, 0.3) is 5.56 Å². The lowest BCUT2D eigenvalue weighted by Gasteiger charge is -2.15. The van der Waals surface area contributed by atoms with Gasteiger partial charge in [0.2, 0.25) is 0 Å². The lowest BCUT2D eigenvalue weighted by Crippen LogP contribution is -2.26. The number of fused-ring (bicyclic) bond motifs is 1. The number of aromatic nitrogens is 2. The largest absolute Gasteiger partial charge is 0.319 e. The van der Waals surface area contributed by atoms with Gasteiger partial charge in [0.05, 0.1) is 5.69 Å². The maximum absolute atomic E-state index is 12.2. The summed E-state index contributed by atoms with van der Waals surface area (Å²) in [5.74, 6) is 0.701. The number of pyridine rings is 1. The Labute approximate surface area is 132 Å². The minimum Gasteiger partial charge on any atom is -0.319 e. The quantitative estimate of drug-likeness (QED) is 0.907. The van der Waals surface area contributed by atoms with Crippen LogP contribution in [-0.4, -0.2) is 41.0 Å².